The van der Waals surface area contributed by atoms with Crippen molar-refractivity contribution < 1.29 is 9.90 Å². The lowest BCUT2D eigenvalue weighted by Gasteiger charge is -2.28. The number of nitrogens with zero attached hydrogens (tertiary/aromatic N) is 1. The minimum Gasteiger partial charge on any atom is -0.507 e. The molecule has 1 fully saturated rings. The molecule has 0 bridgehead atoms. The summed E-state index contributed by atoms with van der Waals surface area (Å²) in [5.74, 6) is 0.375. The Balaban J connectivity index is 2.08. The van der Waals surface area contributed by atoms with E-state index in [0.717, 1.165) is 39.4 Å². The SMILES string of the molecule is CC(C)(C)c1cc(-c2csc(/C=C3/CCNC3=O)n2)cc(C(C)(C)C)c1O. The third-order valence-electron chi connectivity index (χ3n) is 4.81. The van der Waals surface area contributed by atoms with Gasteiger partial charge < -0.3 is 10.4 Å². The normalized spacial score (nSPS) is 16.8. The van der Waals surface area contributed by atoms with Gasteiger partial charge in [0.2, 0.25) is 5.91 Å². The second kappa shape index (κ2) is 6.79. The summed E-state index contributed by atoms with van der Waals surface area (Å²) in [4.78, 5) is 16.5. The first-order valence-corrected chi connectivity index (χ1v) is 10.2. The average Bonchev–Trinajstić information content (AvgIpc) is 3.15. The van der Waals surface area contributed by atoms with Gasteiger partial charge in [0, 0.05) is 34.2 Å². The van der Waals surface area contributed by atoms with Crippen LogP contribution in [0.15, 0.2) is 23.1 Å². The average molecular weight is 385 g/mol. The van der Waals surface area contributed by atoms with Crippen LogP contribution in [0.3, 0.4) is 0 Å². The van der Waals surface area contributed by atoms with Gasteiger partial charge in [-0.25, -0.2) is 4.98 Å². The van der Waals surface area contributed by atoms with E-state index in [2.05, 4.69) is 46.9 Å². The Morgan fingerprint density at radius 3 is 2.19 bits per heavy atom. The molecule has 1 aromatic carbocycles. The number of aromatic nitrogens is 1. The molecule has 4 nitrogen and oxygen atoms in total. The molecule has 0 radical (unpaired) electrons. The Kier molecular flexibility index (Phi) is 4.93. The number of carbonyl (C=O) groups excluding carboxylic acids is 1. The fraction of sp³-hybridized carbons (Fsp3) is 0.455. The zero-order valence-electron chi connectivity index (χ0n) is 16.9. The van der Waals surface area contributed by atoms with Crippen LogP contribution in [0, 0.1) is 0 Å². The van der Waals surface area contributed by atoms with Crippen LogP contribution in [0.4, 0.5) is 0 Å². The first kappa shape index (κ1) is 19.6. The molecule has 27 heavy (non-hydrogen) atoms. The van der Waals surface area contributed by atoms with E-state index in [1.165, 1.54) is 11.3 Å². The molecular weight excluding hydrogens is 356 g/mol. The summed E-state index contributed by atoms with van der Waals surface area (Å²) < 4.78 is 0. The summed E-state index contributed by atoms with van der Waals surface area (Å²) in [6.45, 7) is 13.3. The maximum atomic E-state index is 11.8. The maximum absolute atomic E-state index is 11.8. The van der Waals surface area contributed by atoms with Crippen molar-refractivity contribution in [2.75, 3.05) is 6.54 Å². The van der Waals surface area contributed by atoms with E-state index in [1.54, 1.807) is 0 Å². The van der Waals surface area contributed by atoms with Crippen LogP contribution < -0.4 is 5.32 Å². The standard InChI is InChI=1S/C22H28N2O2S/c1-21(2,3)15-9-14(10-16(19(15)25)22(4,5)6)17-12-27-18(24-17)11-13-7-8-23-20(13)26/h9-12,25H,7-8H2,1-6H3,(H,23,26)/b13-11-. The number of phenols is 1. The summed E-state index contributed by atoms with van der Waals surface area (Å²) >= 11 is 1.53. The molecule has 0 saturated carbocycles. The molecule has 0 aliphatic carbocycles. The maximum Gasteiger partial charge on any atom is 0.247 e. The third kappa shape index (κ3) is 4.08. The van der Waals surface area contributed by atoms with Gasteiger partial charge in [-0.05, 0) is 35.5 Å². The Morgan fingerprint density at radius 1 is 1.11 bits per heavy atom. The van der Waals surface area contributed by atoms with E-state index in [-0.39, 0.29) is 16.7 Å². The van der Waals surface area contributed by atoms with Crippen molar-refractivity contribution in [2.45, 2.75) is 58.8 Å². The van der Waals surface area contributed by atoms with E-state index < -0.39 is 0 Å². The van der Waals surface area contributed by atoms with Gasteiger partial charge in [0.25, 0.3) is 0 Å². The molecule has 3 rings (SSSR count). The highest BCUT2D eigenvalue weighted by molar-refractivity contribution is 7.10. The minimum absolute atomic E-state index is 0.00132. The van der Waals surface area contributed by atoms with E-state index >= 15 is 0 Å². The second-order valence-electron chi connectivity index (χ2n) is 9.17. The molecule has 2 N–H and O–H groups in total. The van der Waals surface area contributed by atoms with Gasteiger partial charge in [-0.15, -0.1) is 11.3 Å². The van der Waals surface area contributed by atoms with Gasteiger partial charge in [-0.2, -0.15) is 0 Å². The number of amides is 1. The molecular formula is C22H28N2O2S. The number of nitrogens with one attached hydrogen (secondary N) is 1. The molecule has 144 valence electrons. The van der Waals surface area contributed by atoms with Crippen molar-refractivity contribution in [1.82, 2.24) is 10.3 Å². The number of rotatable bonds is 2. The van der Waals surface area contributed by atoms with Crippen molar-refractivity contribution in [3.63, 3.8) is 0 Å². The number of benzene rings is 1. The monoisotopic (exact) mass is 384 g/mol. The number of carbonyl (C=O) groups is 1. The first-order valence-electron chi connectivity index (χ1n) is 9.29. The molecule has 1 amide bonds. The van der Waals surface area contributed by atoms with E-state index in [4.69, 9.17) is 4.98 Å². The van der Waals surface area contributed by atoms with Crippen molar-refractivity contribution in [3.05, 3.63) is 39.2 Å². The highest BCUT2D eigenvalue weighted by Crippen LogP contribution is 2.42. The molecule has 1 aliphatic heterocycles. The van der Waals surface area contributed by atoms with Gasteiger partial charge in [0.15, 0.2) is 0 Å². The molecule has 5 heteroatoms. The second-order valence-corrected chi connectivity index (χ2v) is 10.1. The number of aromatic hydroxyl groups is 1. The molecule has 1 saturated heterocycles. The Bertz CT molecular complexity index is 876. The Morgan fingerprint density at radius 2 is 1.70 bits per heavy atom. The van der Waals surface area contributed by atoms with Crippen LogP contribution in [-0.2, 0) is 15.6 Å². The predicted octanol–water partition coefficient (Wildman–Crippen LogP) is 5.01. The number of hydrogen-bond acceptors (Lipinski definition) is 4. The fourth-order valence-electron chi connectivity index (χ4n) is 3.24. The number of hydrogen-bond donors (Lipinski definition) is 2. The predicted molar refractivity (Wildman–Crippen MR) is 112 cm³/mol. The highest BCUT2D eigenvalue weighted by atomic mass is 32.1. The van der Waals surface area contributed by atoms with Crippen LogP contribution >= 0.6 is 11.3 Å². The lowest BCUT2D eigenvalue weighted by molar-refractivity contribution is -0.116. The minimum atomic E-state index is -0.178. The molecule has 1 aliphatic rings. The molecule has 2 heterocycles. The molecule has 0 atom stereocenters. The smallest absolute Gasteiger partial charge is 0.247 e. The lowest BCUT2D eigenvalue weighted by atomic mass is 9.78. The van der Waals surface area contributed by atoms with Crippen molar-refractivity contribution in [1.29, 1.82) is 0 Å². The number of phenolic OH excluding ortho intramolecular Hbond substituents is 1. The van der Waals surface area contributed by atoms with Gasteiger partial charge in [-0.3, -0.25) is 4.79 Å². The fourth-order valence-corrected chi connectivity index (χ4v) is 4.02. The zero-order chi connectivity index (χ0) is 20.0. The van der Waals surface area contributed by atoms with Crippen LogP contribution in [-0.4, -0.2) is 22.5 Å². The summed E-state index contributed by atoms with van der Waals surface area (Å²) in [6, 6.07) is 4.08. The summed E-state index contributed by atoms with van der Waals surface area (Å²) in [6.07, 6.45) is 2.63. The lowest BCUT2D eigenvalue weighted by Crippen LogP contribution is -2.17. The van der Waals surface area contributed by atoms with Gasteiger partial charge in [0.05, 0.1) is 5.69 Å². The molecule has 2 aromatic rings. The van der Waals surface area contributed by atoms with Crippen molar-refractivity contribution in [2.24, 2.45) is 0 Å². The van der Waals surface area contributed by atoms with Gasteiger partial charge in [0.1, 0.15) is 10.8 Å². The van der Waals surface area contributed by atoms with Crippen molar-refractivity contribution in [3.8, 4) is 17.0 Å². The topological polar surface area (TPSA) is 62.2 Å². The summed E-state index contributed by atoms with van der Waals surface area (Å²) in [7, 11) is 0. The quantitative estimate of drug-likeness (QED) is 0.715. The van der Waals surface area contributed by atoms with Crippen LogP contribution in [0.5, 0.6) is 5.75 Å². The third-order valence-corrected chi connectivity index (χ3v) is 5.60. The highest BCUT2D eigenvalue weighted by Gasteiger charge is 2.27. The van der Waals surface area contributed by atoms with Crippen LogP contribution in [0.25, 0.3) is 17.3 Å². The summed E-state index contributed by atoms with van der Waals surface area (Å²) in [5, 5.41) is 16.6. The molecule has 0 unspecified atom stereocenters. The van der Waals surface area contributed by atoms with Gasteiger partial charge in [-0.1, -0.05) is 41.5 Å². The van der Waals surface area contributed by atoms with Crippen LogP contribution in [0.2, 0.25) is 0 Å². The largest absolute Gasteiger partial charge is 0.507 e. The number of thiazole rings is 1. The van der Waals surface area contributed by atoms with Crippen molar-refractivity contribution >= 4 is 23.3 Å². The van der Waals surface area contributed by atoms with E-state index in [1.807, 2.05) is 23.6 Å². The van der Waals surface area contributed by atoms with E-state index in [0.29, 0.717) is 12.3 Å². The first-order chi connectivity index (χ1) is 12.5. The Labute approximate surface area is 165 Å². The molecule has 1 aromatic heterocycles. The van der Waals surface area contributed by atoms with Crippen LogP contribution in [0.1, 0.15) is 64.1 Å². The van der Waals surface area contributed by atoms with E-state index in [9.17, 15) is 9.90 Å². The summed E-state index contributed by atoms with van der Waals surface area (Å²) in [5.41, 5.74) is 4.15. The Hall–Kier alpha value is -2.14. The molecule has 0 spiro atoms. The zero-order valence-corrected chi connectivity index (χ0v) is 17.8. The van der Waals surface area contributed by atoms with Gasteiger partial charge >= 0.3 is 0 Å².